The van der Waals surface area contributed by atoms with Gasteiger partial charge in [-0.2, -0.15) is 0 Å². The van der Waals surface area contributed by atoms with E-state index in [1.165, 1.54) is 0 Å². The lowest BCUT2D eigenvalue weighted by Gasteiger charge is -2.17. The predicted octanol–water partition coefficient (Wildman–Crippen LogP) is 0.939. The summed E-state index contributed by atoms with van der Waals surface area (Å²) in [7, 11) is 0. The molecule has 1 amide bonds. The van der Waals surface area contributed by atoms with E-state index in [4.69, 9.17) is 11.2 Å². The molecule has 0 saturated carbocycles. The number of nitrogens with one attached hydrogen (secondary N) is 1. The molecule has 0 bridgehead atoms. The maximum atomic E-state index is 11.7. The third-order valence-electron chi connectivity index (χ3n) is 2.57. The number of ether oxygens (including phenoxy) is 1. The van der Waals surface area contributed by atoms with Crippen molar-refractivity contribution in [1.29, 1.82) is 0 Å². The van der Waals surface area contributed by atoms with Crippen molar-refractivity contribution >= 4 is 5.91 Å². The average molecular weight is 195 g/mol. The van der Waals surface area contributed by atoms with E-state index in [-0.39, 0.29) is 18.1 Å². The van der Waals surface area contributed by atoms with E-state index in [1.807, 2.05) is 13.8 Å². The van der Waals surface area contributed by atoms with Crippen LogP contribution in [-0.2, 0) is 9.53 Å². The molecule has 0 aromatic heterocycles. The second-order valence-electron chi connectivity index (χ2n) is 3.69. The van der Waals surface area contributed by atoms with Crippen molar-refractivity contribution in [1.82, 2.24) is 5.32 Å². The molecule has 1 fully saturated rings. The fraction of sp³-hybridized carbons (Fsp3) is 0.727. The van der Waals surface area contributed by atoms with Crippen molar-refractivity contribution in [3.05, 3.63) is 0 Å². The van der Waals surface area contributed by atoms with E-state index in [1.54, 1.807) is 0 Å². The molecule has 3 atom stereocenters. The van der Waals surface area contributed by atoms with Crippen molar-refractivity contribution in [3.8, 4) is 12.3 Å². The molecule has 3 nitrogen and oxygen atoms in total. The first kappa shape index (κ1) is 11.1. The highest BCUT2D eigenvalue weighted by Crippen LogP contribution is 2.20. The van der Waals surface area contributed by atoms with Crippen molar-refractivity contribution in [2.45, 2.75) is 38.8 Å². The fourth-order valence-electron chi connectivity index (χ4n) is 1.55. The molecular formula is C11H17NO2. The van der Waals surface area contributed by atoms with Crippen molar-refractivity contribution in [3.63, 3.8) is 0 Å². The van der Waals surface area contributed by atoms with Crippen molar-refractivity contribution in [2.24, 2.45) is 5.92 Å². The van der Waals surface area contributed by atoms with Gasteiger partial charge < -0.3 is 10.1 Å². The predicted molar refractivity (Wildman–Crippen MR) is 54.6 cm³/mol. The van der Waals surface area contributed by atoms with Gasteiger partial charge in [-0.25, -0.2) is 0 Å². The zero-order valence-electron chi connectivity index (χ0n) is 8.75. The Morgan fingerprint density at radius 1 is 1.79 bits per heavy atom. The van der Waals surface area contributed by atoms with Crippen LogP contribution >= 0.6 is 0 Å². The maximum absolute atomic E-state index is 11.7. The van der Waals surface area contributed by atoms with Gasteiger partial charge in [0.25, 0.3) is 0 Å². The third-order valence-corrected chi connectivity index (χ3v) is 2.57. The summed E-state index contributed by atoms with van der Waals surface area (Å²) in [5.41, 5.74) is 0. The molecule has 1 N–H and O–H groups in total. The number of hydrogen-bond donors (Lipinski definition) is 1. The van der Waals surface area contributed by atoms with Crippen molar-refractivity contribution < 1.29 is 9.53 Å². The van der Waals surface area contributed by atoms with Gasteiger partial charge in [0.15, 0.2) is 0 Å². The van der Waals surface area contributed by atoms with Crippen LogP contribution in [-0.4, -0.2) is 24.7 Å². The number of carbonyl (C=O) groups is 1. The summed E-state index contributed by atoms with van der Waals surface area (Å²) >= 11 is 0. The van der Waals surface area contributed by atoms with Crippen LogP contribution in [0.2, 0.25) is 0 Å². The molecular weight excluding hydrogens is 178 g/mol. The number of hydrogen-bond acceptors (Lipinski definition) is 2. The lowest BCUT2D eigenvalue weighted by molar-refractivity contribution is -0.131. The van der Waals surface area contributed by atoms with Crippen LogP contribution in [0.25, 0.3) is 0 Å². The van der Waals surface area contributed by atoms with Crippen LogP contribution < -0.4 is 5.32 Å². The molecule has 0 aromatic rings. The Balaban J connectivity index is 2.45. The molecule has 0 aliphatic carbocycles. The van der Waals surface area contributed by atoms with Gasteiger partial charge in [0, 0.05) is 6.61 Å². The van der Waals surface area contributed by atoms with Crippen LogP contribution in [0, 0.1) is 18.3 Å². The highest BCUT2D eigenvalue weighted by atomic mass is 16.5. The van der Waals surface area contributed by atoms with E-state index in [2.05, 4.69) is 11.2 Å². The van der Waals surface area contributed by atoms with Crippen LogP contribution in [0.4, 0.5) is 0 Å². The summed E-state index contributed by atoms with van der Waals surface area (Å²) < 4.78 is 5.34. The molecule has 3 heteroatoms. The standard InChI is InChI=1S/C11H17NO2/c1-4-9(5-2)12-11(13)10-8(3)6-7-14-10/h1,8-10H,5-7H2,2-3H3,(H,12,13). The summed E-state index contributed by atoms with van der Waals surface area (Å²) in [5.74, 6) is 2.76. The average Bonchev–Trinajstić information content (AvgIpc) is 2.60. The molecule has 78 valence electrons. The summed E-state index contributed by atoms with van der Waals surface area (Å²) in [6.07, 6.45) is 6.65. The van der Waals surface area contributed by atoms with Gasteiger partial charge in [-0.15, -0.1) is 6.42 Å². The molecule has 14 heavy (non-hydrogen) atoms. The highest BCUT2D eigenvalue weighted by Gasteiger charge is 2.31. The van der Waals surface area contributed by atoms with Gasteiger partial charge in [-0.05, 0) is 18.8 Å². The van der Waals surface area contributed by atoms with Gasteiger partial charge in [0.1, 0.15) is 6.10 Å². The van der Waals surface area contributed by atoms with Crippen LogP contribution in [0.1, 0.15) is 26.7 Å². The molecule has 3 unspecified atom stereocenters. The number of amides is 1. The SMILES string of the molecule is C#CC(CC)NC(=O)C1OCCC1C. The first-order chi connectivity index (χ1) is 6.69. The Kier molecular flexibility index (Phi) is 3.97. The van der Waals surface area contributed by atoms with E-state index in [0.29, 0.717) is 12.5 Å². The Morgan fingerprint density at radius 3 is 2.93 bits per heavy atom. The minimum absolute atomic E-state index is 0.0696. The van der Waals surface area contributed by atoms with Gasteiger partial charge in [-0.3, -0.25) is 4.79 Å². The molecule has 1 aliphatic heterocycles. The molecule has 1 heterocycles. The lowest BCUT2D eigenvalue weighted by Crippen LogP contribution is -2.42. The number of rotatable bonds is 3. The first-order valence-electron chi connectivity index (χ1n) is 5.07. The number of terminal acetylenes is 1. The largest absolute Gasteiger partial charge is 0.368 e. The molecule has 0 radical (unpaired) electrons. The second-order valence-corrected chi connectivity index (χ2v) is 3.69. The van der Waals surface area contributed by atoms with Crippen molar-refractivity contribution in [2.75, 3.05) is 6.61 Å². The Morgan fingerprint density at radius 2 is 2.50 bits per heavy atom. The van der Waals surface area contributed by atoms with Gasteiger partial charge in [-0.1, -0.05) is 19.8 Å². The Bertz CT molecular complexity index is 244. The molecule has 0 spiro atoms. The van der Waals surface area contributed by atoms with E-state index in [0.717, 1.165) is 12.8 Å². The van der Waals surface area contributed by atoms with Gasteiger partial charge >= 0.3 is 0 Å². The minimum Gasteiger partial charge on any atom is -0.368 e. The Labute approximate surface area is 85.2 Å². The topological polar surface area (TPSA) is 38.3 Å². The number of carbonyl (C=O) groups excluding carboxylic acids is 1. The third kappa shape index (κ3) is 2.49. The quantitative estimate of drug-likeness (QED) is 0.681. The zero-order chi connectivity index (χ0) is 10.6. The summed E-state index contributed by atoms with van der Waals surface area (Å²) in [6.45, 7) is 4.64. The van der Waals surface area contributed by atoms with Gasteiger partial charge in [0.05, 0.1) is 6.04 Å². The first-order valence-corrected chi connectivity index (χ1v) is 5.07. The maximum Gasteiger partial charge on any atom is 0.250 e. The molecule has 0 aromatic carbocycles. The highest BCUT2D eigenvalue weighted by molar-refractivity contribution is 5.81. The molecule has 1 aliphatic rings. The fourth-order valence-corrected chi connectivity index (χ4v) is 1.55. The van der Waals surface area contributed by atoms with E-state index >= 15 is 0 Å². The Hall–Kier alpha value is -1.01. The monoisotopic (exact) mass is 195 g/mol. The summed E-state index contributed by atoms with van der Waals surface area (Å²) in [5, 5.41) is 2.79. The van der Waals surface area contributed by atoms with Crippen LogP contribution in [0.3, 0.4) is 0 Å². The van der Waals surface area contributed by atoms with Crippen LogP contribution in [0.5, 0.6) is 0 Å². The normalized spacial score (nSPS) is 28.1. The van der Waals surface area contributed by atoms with Crippen LogP contribution in [0.15, 0.2) is 0 Å². The minimum atomic E-state index is -0.308. The lowest BCUT2D eigenvalue weighted by atomic mass is 10.0. The molecule has 1 saturated heterocycles. The smallest absolute Gasteiger partial charge is 0.250 e. The summed E-state index contributed by atoms with van der Waals surface area (Å²) in [4.78, 5) is 11.7. The van der Waals surface area contributed by atoms with E-state index < -0.39 is 0 Å². The summed E-state index contributed by atoms with van der Waals surface area (Å²) in [6, 6.07) is -0.168. The second kappa shape index (κ2) is 5.02. The zero-order valence-corrected chi connectivity index (χ0v) is 8.75. The van der Waals surface area contributed by atoms with Gasteiger partial charge in [0.2, 0.25) is 5.91 Å². The molecule has 1 rings (SSSR count). The van der Waals surface area contributed by atoms with E-state index in [9.17, 15) is 4.79 Å².